The fraction of sp³-hybridized carbons (Fsp3) is 0.0500. The molecule has 1 aliphatic heterocycles. The van der Waals surface area contributed by atoms with Crippen LogP contribution < -0.4 is 10.1 Å². The summed E-state index contributed by atoms with van der Waals surface area (Å²) in [5, 5.41) is 5.05. The molecule has 0 spiro atoms. The Morgan fingerprint density at radius 3 is 2.71 bits per heavy atom. The summed E-state index contributed by atoms with van der Waals surface area (Å²) in [5.74, 6) is 0.682. The Hall–Kier alpha value is -2.85. The lowest BCUT2D eigenvalue weighted by Gasteiger charge is -2.18. The SMILES string of the molecule is O=C(Nc1ccccc1-c1cccs1)C1=Cc2ccccc2OC1. The molecule has 118 valence electrons. The zero-order valence-corrected chi connectivity index (χ0v) is 13.7. The van der Waals surface area contributed by atoms with Gasteiger partial charge in [0.2, 0.25) is 0 Å². The number of para-hydroxylation sites is 2. The van der Waals surface area contributed by atoms with E-state index in [0.29, 0.717) is 5.57 Å². The van der Waals surface area contributed by atoms with Crippen LogP contribution in [0.5, 0.6) is 5.75 Å². The Morgan fingerprint density at radius 2 is 1.83 bits per heavy atom. The second-order valence-corrected chi connectivity index (χ2v) is 6.42. The van der Waals surface area contributed by atoms with Crippen LogP contribution in [0.2, 0.25) is 0 Å². The highest BCUT2D eigenvalue weighted by atomic mass is 32.1. The molecule has 3 nitrogen and oxygen atoms in total. The number of anilines is 1. The van der Waals surface area contributed by atoms with Crippen molar-refractivity contribution in [2.45, 2.75) is 0 Å². The first kappa shape index (κ1) is 14.7. The second kappa shape index (κ2) is 6.34. The van der Waals surface area contributed by atoms with Crippen molar-refractivity contribution >= 4 is 29.0 Å². The fourth-order valence-corrected chi connectivity index (χ4v) is 3.45. The first-order chi connectivity index (χ1) is 11.8. The summed E-state index contributed by atoms with van der Waals surface area (Å²) < 4.78 is 5.67. The van der Waals surface area contributed by atoms with Crippen molar-refractivity contribution < 1.29 is 9.53 Å². The average Bonchev–Trinajstić information content (AvgIpc) is 3.16. The van der Waals surface area contributed by atoms with E-state index < -0.39 is 0 Å². The largest absolute Gasteiger partial charge is 0.488 e. The van der Waals surface area contributed by atoms with Gasteiger partial charge in [-0.2, -0.15) is 0 Å². The molecule has 2 aromatic carbocycles. The van der Waals surface area contributed by atoms with Gasteiger partial charge in [0, 0.05) is 21.7 Å². The Balaban J connectivity index is 1.61. The van der Waals surface area contributed by atoms with Crippen LogP contribution in [0.15, 0.2) is 71.6 Å². The molecule has 0 unspecified atom stereocenters. The number of ether oxygens (including phenoxy) is 1. The lowest BCUT2D eigenvalue weighted by atomic mass is 10.1. The number of thiophene rings is 1. The third kappa shape index (κ3) is 2.84. The van der Waals surface area contributed by atoms with Gasteiger partial charge in [-0.15, -0.1) is 11.3 Å². The monoisotopic (exact) mass is 333 g/mol. The molecule has 0 saturated carbocycles. The third-order valence-corrected chi connectivity index (χ3v) is 4.79. The van der Waals surface area contributed by atoms with E-state index in [9.17, 15) is 4.79 Å². The number of fused-ring (bicyclic) bond motifs is 1. The van der Waals surface area contributed by atoms with Crippen molar-refractivity contribution in [3.05, 3.63) is 77.2 Å². The Bertz CT molecular complexity index is 913. The summed E-state index contributed by atoms with van der Waals surface area (Å²) in [7, 11) is 0. The van der Waals surface area contributed by atoms with Crippen LogP contribution in [0.3, 0.4) is 0 Å². The standard InChI is InChI=1S/C20H15NO2S/c22-20(15-12-14-6-1-4-9-18(14)23-13-15)21-17-8-3-2-7-16(17)19-10-5-11-24-19/h1-12H,13H2,(H,21,22). The van der Waals surface area contributed by atoms with Gasteiger partial charge < -0.3 is 10.1 Å². The maximum absolute atomic E-state index is 12.6. The van der Waals surface area contributed by atoms with E-state index in [2.05, 4.69) is 11.4 Å². The Kier molecular flexibility index (Phi) is 3.89. The molecule has 24 heavy (non-hydrogen) atoms. The maximum Gasteiger partial charge on any atom is 0.255 e. The molecule has 0 aliphatic carbocycles. The van der Waals surface area contributed by atoms with Gasteiger partial charge >= 0.3 is 0 Å². The van der Waals surface area contributed by atoms with Crippen LogP contribution in [0.4, 0.5) is 5.69 Å². The summed E-state index contributed by atoms with van der Waals surface area (Å²) in [6.45, 7) is 0.282. The quantitative estimate of drug-likeness (QED) is 0.745. The highest BCUT2D eigenvalue weighted by Gasteiger charge is 2.18. The summed E-state index contributed by atoms with van der Waals surface area (Å²) in [6, 6.07) is 19.6. The Labute approximate surface area is 144 Å². The number of rotatable bonds is 3. The second-order valence-electron chi connectivity index (χ2n) is 5.47. The predicted octanol–water partition coefficient (Wildman–Crippen LogP) is 4.83. The van der Waals surface area contributed by atoms with Gasteiger partial charge in [-0.1, -0.05) is 42.5 Å². The van der Waals surface area contributed by atoms with Gasteiger partial charge in [-0.05, 0) is 29.7 Å². The Morgan fingerprint density at radius 1 is 1.00 bits per heavy atom. The van der Waals surface area contributed by atoms with Crippen LogP contribution in [0, 0.1) is 0 Å². The van der Waals surface area contributed by atoms with Crippen molar-refractivity contribution in [2.24, 2.45) is 0 Å². The van der Waals surface area contributed by atoms with Gasteiger partial charge in [0.1, 0.15) is 12.4 Å². The lowest BCUT2D eigenvalue weighted by molar-refractivity contribution is -0.113. The van der Waals surface area contributed by atoms with E-state index in [0.717, 1.165) is 27.4 Å². The molecule has 0 atom stereocenters. The molecule has 0 saturated heterocycles. The summed E-state index contributed by atoms with van der Waals surface area (Å²) in [4.78, 5) is 13.8. The lowest BCUT2D eigenvalue weighted by Crippen LogP contribution is -2.21. The van der Waals surface area contributed by atoms with E-state index in [-0.39, 0.29) is 12.5 Å². The van der Waals surface area contributed by atoms with Crippen LogP contribution in [0.1, 0.15) is 5.56 Å². The topological polar surface area (TPSA) is 38.3 Å². The molecule has 1 aromatic heterocycles. The number of amides is 1. The molecule has 0 bridgehead atoms. The molecule has 4 rings (SSSR count). The zero-order chi connectivity index (χ0) is 16.4. The number of carbonyl (C=O) groups excluding carboxylic acids is 1. The predicted molar refractivity (Wildman–Crippen MR) is 98.3 cm³/mol. The van der Waals surface area contributed by atoms with Crippen LogP contribution in [-0.2, 0) is 4.79 Å². The van der Waals surface area contributed by atoms with Gasteiger partial charge in [0.05, 0.1) is 5.57 Å². The van der Waals surface area contributed by atoms with Crippen molar-refractivity contribution in [3.63, 3.8) is 0 Å². The summed E-state index contributed by atoms with van der Waals surface area (Å²) in [6.07, 6.45) is 1.89. The normalized spacial score (nSPS) is 12.8. The number of hydrogen-bond acceptors (Lipinski definition) is 3. The molecular weight excluding hydrogens is 318 g/mol. The maximum atomic E-state index is 12.6. The van der Waals surface area contributed by atoms with Crippen molar-refractivity contribution in [1.29, 1.82) is 0 Å². The van der Waals surface area contributed by atoms with E-state index in [1.54, 1.807) is 11.3 Å². The molecular formula is C20H15NO2S. The molecule has 1 aliphatic rings. The van der Waals surface area contributed by atoms with E-state index in [1.165, 1.54) is 0 Å². The number of carbonyl (C=O) groups is 1. The smallest absolute Gasteiger partial charge is 0.255 e. The number of hydrogen-bond donors (Lipinski definition) is 1. The van der Waals surface area contributed by atoms with Crippen molar-refractivity contribution in [2.75, 3.05) is 11.9 Å². The minimum atomic E-state index is -0.131. The first-order valence-corrected chi connectivity index (χ1v) is 8.56. The van der Waals surface area contributed by atoms with Gasteiger partial charge in [-0.25, -0.2) is 0 Å². The highest BCUT2D eigenvalue weighted by Crippen LogP contribution is 2.32. The van der Waals surface area contributed by atoms with Crippen molar-refractivity contribution in [1.82, 2.24) is 0 Å². The average molecular weight is 333 g/mol. The van der Waals surface area contributed by atoms with Crippen LogP contribution in [-0.4, -0.2) is 12.5 Å². The summed E-state index contributed by atoms with van der Waals surface area (Å²) >= 11 is 1.65. The van der Waals surface area contributed by atoms with E-state index in [1.807, 2.05) is 66.1 Å². The zero-order valence-electron chi connectivity index (χ0n) is 12.9. The van der Waals surface area contributed by atoms with Crippen LogP contribution in [0.25, 0.3) is 16.5 Å². The third-order valence-electron chi connectivity index (χ3n) is 3.89. The molecule has 2 heterocycles. The summed E-state index contributed by atoms with van der Waals surface area (Å²) in [5.41, 5.74) is 3.39. The first-order valence-electron chi connectivity index (χ1n) is 7.68. The molecule has 1 N–H and O–H groups in total. The molecule has 3 aromatic rings. The molecule has 4 heteroatoms. The number of benzene rings is 2. The molecule has 0 radical (unpaired) electrons. The minimum absolute atomic E-state index is 0.131. The number of nitrogens with one attached hydrogen (secondary N) is 1. The van der Waals surface area contributed by atoms with Gasteiger partial charge in [0.15, 0.2) is 0 Å². The minimum Gasteiger partial charge on any atom is -0.488 e. The molecule has 0 fully saturated rings. The van der Waals surface area contributed by atoms with Gasteiger partial charge in [0.25, 0.3) is 5.91 Å². The van der Waals surface area contributed by atoms with Gasteiger partial charge in [-0.3, -0.25) is 4.79 Å². The fourth-order valence-electron chi connectivity index (χ4n) is 2.69. The van der Waals surface area contributed by atoms with E-state index >= 15 is 0 Å². The van der Waals surface area contributed by atoms with Crippen molar-refractivity contribution in [3.8, 4) is 16.2 Å². The molecule has 1 amide bonds. The van der Waals surface area contributed by atoms with Crippen LogP contribution >= 0.6 is 11.3 Å². The highest BCUT2D eigenvalue weighted by molar-refractivity contribution is 7.13. The van der Waals surface area contributed by atoms with E-state index in [4.69, 9.17) is 4.74 Å².